The van der Waals surface area contributed by atoms with E-state index in [0.717, 1.165) is 17.9 Å². The number of rotatable bonds is 6. The van der Waals surface area contributed by atoms with Gasteiger partial charge in [0.25, 0.3) is 0 Å². The van der Waals surface area contributed by atoms with Crippen molar-refractivity contribution in [1.29, 1.82) is 0 Å². The lowest BCUT2D eigenvalue weighted by molar-refractivity contribution is 0.0920. The molecular formula is C12H17FOS. The van der Waals surface area contributed by atoms with E-state index >= 15 is 0 Å². The van der Waals surface area contributed by atoms with Crippen LogP contribution in [0.2, 0.25) is 0 Å². The van der Waals surface area contributed by atoms with Crippen molar-refractivity contribution in [2.45, 2.75) is 25.7 Å². The fourth-order valence-electron chi connectivity index (χ4n) is 1.14. The number of hydrogen-bond donors (Lipinski definition) is 0. The number of thioether (sulfide) groups is 1. The van der Waals surface area contributed by atoms with Gasteiger partial charge in [0.05, 0.1) is 12.7 Å². The number of halogens is 1. The summed E-state index contributed by atoms with van der Waals surface area (Å²) >= 11 is 1.70. The predicted molar refractivity (Wildman–Crippen MR) is 63.7 cm³/mol. The van der Waals surface area contributed by atoms with Crippen LogP contribution in [0.15, 0.2) is 24.3 Å². The second-order valence-corrected chi connectivity index (χ2v) is 4.67. The molecule has 3 heteroatoms. The molecule has 1 aromatic carbocycles. The third-order valence-corrected chi connectivity index (χ3v) is 2.86. The van der Waals surface area contributed by atoms with Crippen LogP contribution in [-0.2, 0) is 10.5 Å². The van der Waals surface area contributed by atoms with Crippen molar-refractivity contribution in [3.63, 3.8) is 0 Å². The molecule has 0 atom stereocenters. The van der Waals surface area contributed by atoms with E-state index in [2.05, 4.69) is 0 Å². The normalized spacial score (nSPS) is 10.9. The van der Waals surface area contributed by atoms with Crippen LogP contribution in [0.25, 0.3) is 0 Å². The Bertz CT molecular complexity index is 289. The molecular weight excluding hydrogens is 211 g/mol. The van der Waals surface area contributed by atoms with Crippen LogP contribution in [0, 0.1) is 5.82 Å². The van der Waals surface area contributed by atoms with E-state index in [1.54, 1.807) is 17.8 Å². The van der Waals surface area contributed by atoms with E-state index in [1.165, 1.54) is 6.07 Å². The van der Waals surface area contributed by atoms with Crippen molar-refractivity contribution >= 4 is 11.8 Å². The van der Waals surface area contributed by atoms with Gasteiger partial charge in [-0.05, 0) is 25.5 Å². The van der Waals surface area contributed by atoms with Crippen LogP contribution in [-0.4, -0.2) is 18.5 Å². The lowest BCUT2D eigenvalue weighted by atomic mass is 10.2. The number of ether oxygens (including phenoxy) is 1. The van der Waals surface area contributed by atoms with E-state index < -0.39 is 0 Å². The average molecular weight is 228 g/mol. The van der Waals surface area contributed by atoms with Crippen LogP contribution in [0.1, 0.15) is 19.4 Å². The third-order valence-electron chi connectivity index (χ3n) is 1.89. The van der Waals surface area contributed by atoms with Gasteiger partial charge in [0, 0.05) is 11.5 Å². The second-order valence-electron chi connectivity index (χ2n) is 3.56. The molecule has 15 heavy (non-hydrogen) atoms. The molecule has 0 fully saturated rings. The first-order chi connectivity index (χ1) is 7.20. The molecule has 0 saturated carbocycles. The predicted octanol–water partition coefficient (Wildman–Crippen LogP) is 3.48. The maximum absolute atomic E-state index is 13.2. The lowest BCUT2D eigenvalue weighted by Gasteiger charge is -2.07. The highest BCUT2D eigenvalue weighted by Gasteiger charge is 2.00. The molecule has 1 aromatic rings. The summed E-state index contributed by atoms with van der Waals surface area (Å²) in [4.78, 5) is 0. The van der Waals surface area contributed by atoms with Crippen molar-refractivity contribution < 1.29 is 9.13 Å². The van der Waals surface area contributed by atoms with Crippen LogP contribution in [0.4, 0.5) is 4.39 Å². The Kier molecular flexibility index (Phi) is 5.73. The van der Waals surface area contributed by atoms with Gasteiger partial charge >= 0.3 is 0 Å². The SMILES string of the molecule is CC(C)OCCSCc1ccccc1F. The fraction of sp³-hybridized carbons (Fsp3) is 0.500. The highest BCUT2D eigenvalue weighted by atomic mass is 32.2. The molecule has 0 bridgehead atoms. The summed E-state index contributed by atoms with van der Waals surface area (Å²) in [6.07, 6.45) is 0.277. The first-order valence-electron chi connectivity index (χ1n) is 5.13. The summed E-state index contributed by atoms with van der Waals surface area (Å²) in [5.41, 5.74) is 0.770. The number of hydrogen-bond acceptors (Lipinski definition) is 2. The average Bonchev–Trinajstić information content (AvgIpc) is 2.20. The molecule has 0 heterocycles. The molecule has 0 radical (unpaired) electrons. The van der Waals surface area contributed by atoms with Crippen LogP contribution >= 0.6 is 11.8 Å². The molecule has 0 aliphatic rings. The maximum atomic E-state index is 13.2. The molecule has 1 nitrogen and oxygen atoms in total. The highest BCUT2D eigenvalue weighted by molar-refractivity contribution is 7.98. The smallest absolute Gasteiger partial charge is 0.127 e. The van der Waals surface area contributed by atoms with Crippen molar-refractivity contribution in [2.24, 2.45) is 0 Å². The summed E-state index contributed by atoms with van der Waals surface area (Å²) in [6, 6.07) is 6.90. The minimum absolute atomic E-state index is 0.116. The fourth-order valence-corrected chi connectivity index (χ4v) is 1.95. The van der Waals surface area contributed by atoms with Crippen molar-refractivity contribution in [1.82, 2.24) is 0 Å². The first-order valence-corrected chi connectivity index (χ1v) is 6.28. The van der Waals surface area contributed by atoms with Gasteiger partial charge in [-0.25, -0.2) is 4.39 Å². The molecule has 0 saturated heterocycles. The zero-order valence-corrected chi connectivity index (χ0v) is 10.0. The monoisotopic (exact) mass is 228 g/mol. The van der Waals surface area contributed by atoms with Gasteiger partial charge in [-0.15, -0.1) is 0 Å². The molecule has 0 N–H and O–H groups in total. The van der Waals surface area contributed by atoms with Gasteiger partial charge in [-0.3, -0.25) is 0 Å². The van der Waals surface area contributed by atoms with Crippen molar-refractivity contribution in [3.8, 4) is 0 Å². The molecule has 84 valence electrons. The van der Waals surface area contributed by atoms with Gasteiger partial charge in [0.1, 0.15) is 5.82 Å². The molecule has 0 unspecified atom stereocenters. The molecule has 0 aliphatic heterocycles. The third kappa shape index (κ3) is 5.19. The minimum Gasteiger partial charge on any atom is -0.378 e. The second kappa shape index (κ2) is 6.85. The lowest BCUT2D eigenvalue weighted by Crippen LogP contribution is -2.05. The summed E-state index contributed by atoms with van der Waals surface area (Å²) in [7, 11) is 0. The Labute approximate surface area is 95.0 Å². The molecule has 1 rings (SSSR count). The summed E-state index contributed by atoms with van der Waals surface area (Å²) in [6.45, 7) is 4.76. The first kappa shape index (κ1) is 12.5. The quantitative estimate of drug-likeness (QED) is 0.689. The van der Waals surface area contributed by atoms with E-state index in [0.29, 0.717) is 5.75 Å². The van der Waals surface area contributed by atoms with Crippen molar-refractivity contribution in [2.75, 3.05) is 12.4 Å². The topological polar surface area (TPSA) is 9.23 Å². The van der Waals surface area contributed by atoms with Crippen LogP contribution < -0.4 is 0 Å². The van der Waals surface area contributed by atoms with Gasteiger partial charge in [0.2, 0.25) is 0 Å². The Morgan fingerprint density at radius 2 is 2.07 bits per heavy atom. The summed E-state index contributed by atoms with van der Waals surface area (Å²) in [5.74, 6) is 1.51. The molecule has 0 spiro atoms. The van der Waals surface area contributed by atoms with Gasteiger partial charge in [0.15, 0.2) is 0 Å². The number of benzene rings is 1. The van der Waals surface area contributed by atoms with Gasteiger partial charge in [-0.1, -0.05) is 18.2 Å². The zero-order chi connectivity index (χ0) is 11.1. The van der Waals surface area contributed by atoms with Gasteiger partial charge in [-0.2, -0.15) is 11.8 Å². The molecule has 0 aromatic heterocycles. The van der Waals surface area contributed by atoms with Crippen LogP contribution in [0.5, 0.6) is 0 Å². The van der Waals surface area contributed by atoms with E-state index in [4.69, 9.17) is 4.74 Å². The molecule has 0 aliphatic carbocycles. The largest absolute Gasteiger partial charge is 0.378 e. The standard InChI is InChI=1S/C12H17FOS/c1-10(2)14-7-8-15-9-11-5-3-4-6-12(11)13/h3-6,10H,7-9H2,1-2H3. The van der Waals surface area contributed by atoms with E-state index in [1.807, 2.05) is 26.0 Å². The summed E-state index contributed by atoms with van der Waals surface area (Å²) < 4.78 is 18.6. The van der Waals surface area contributed by atoms with Crippen molar-refractivity contribution in [3.05, 3.63) is 35.6 Å². The minimum atomic E-state index is -0.116. The zero-order valence-electron chi connectivity index (χ0n) is 9.20. The Balaban J connectivity index is 2.18. The van der Waals surface area contributed by atoms with E-state index in [9.17, 15) is 4.39 Å². The molecule has 0 amide bonds. The maximum Gasteiger partial charge on any atom is 0.127 e. The van der Waals surface area contributed by atoms with Gasteiger partial charge < -0.3 is 4.74 Å². The Hall–Kier alpha value is -0.540. The van der Waals surface area contributed by atoms with E-state index in [-0.39, 0.29) is 11.9 Å². The Morgan fingerprint density at radius 3 is 2.73 bits per heavy atom. The van der Waals surface area contributed by atoms with Crippen LogP contribution in [0.3, 0.4) is 0 Å². The summed E-state index contributed by atoms with van der Waals surface area (Å²) in [5, 5.41) is 0. The Morgan fingerprint density at radius 1 is 1.33 bits per heavy atom. The highest BCUT2D eigenvalue weighted by Crippen LogP contribution is 2.15.